The van der Waals surface area contributed by atoms with Gasteiger partial charge in [0.1, 0.15) is 0 Å². The average Bonchev–Trinajstić information content (AvgIpc) is 2.71. The van der Waals surface area contributed by atoms with E-state index in [-0.39, 0.29) is 23.3 Å². The van der Waals surface area contributed by atoms with E-state index in [0.29, 0.717) is 23.6 Å². The average molecular weight is 421 g/mol. The van der Waals surface area contributed by atoms with Gasteiger partial charge in [-0.1, -0.05) is 12.1 Å². The Morgan fingerprint density at radius 3 is 2.28 bits per heavy atom. The highest BCUT2D eigenvalue weighted by molar-refractivity contribution is 7.89. The molecular weight excluding hydrogens is 392 g/mol. The maximum Gasteiger partial charge on any atom is 0.243 e. The number of aryl methyl sites for hydroxylation is 1. The van der Waals surface area contributed by atoms with Crippen molar-refractivity contribution in [1.29, 1.82) is 0 Å². The zero-order chi connectivity index (χ0) is 21.6. The standard InChI is InChI=1S/C21H28N2O5S/c1-15(2)23(3)29(25,26)18-12-10-17(11-13-18)22-20(24)14-9-16-7-6-8-19(27-4)21(16)28-5/h6-8,10-13,15H,9,14H2,1-5H3,(H,22,24). The van der Waals surface area contributed by atoms with E-state index >= 15 is 0 Å². The minimum Gasteiger partial charge on any atom is -0.493 e. The van der Waals surface area contributed by atoms with Crippen LogP contribution in [0.1, 0.15) is 25.8 Å². The Morgan fingerprint density at radius 1 is 1.07 bits per heavy atom. The summed E-state index contributed by atoms with van der Waals surface area (Å²) in [5, 5.41) is 2.79. The third-order valence-corrected chi connectivity index (χ3v) is 6.70. The predicted molar refractivity (Wildman–Crippen MR) is 113 cm³/mol. The molecule has 2 aromatic rings. The molecule has 0 spiro atoms. The normalized spacial score (nSPS) is 11.6. The van der Waals surface area contributed by atoms with Gasteiger partial charge in [-0.3, -0.25) is 4.79 Å². The number of nitrogens with zero attached hydrogens (tertiary/aromatic N) is 1. The summed E-state index contributed by atoms with van der Waals surface area (Å²) in [6, 6.07) is 11.6. The maximum atomic E-state index is 12.5. The molecule has 0 fully saturated rings. The summed E-state index contributed by atoms with van der Waals surface area (Å²) in [7, 11) is 1.12. The second-order valence-corrected chi connectivity index (χ2v) is 8.84. The minimum absolute atomic E-state index is 0.145. The first-order valence-electron chi connectivity index (χ1n) is 9.28. The molecule has 1 N–H and O–H groups in total. The van der Waals surface area contributed by atoms with Gasteiger partial charge in [-0.2, -0.15) is 4.31 Å². The number of para-hydroxylation sites is 1. The first kappa shape index (κ1) is 22.7. The smallest absolute Gasteiger partial charge is 0.243 e. The van der Waals surface area contributed by atoms with Gasteiger partial charge in [0.25, 0.3) is 0 Å². The summed E-state index contributed by atoms with van der Waals surface area (Å²) in [6.45, 7) is 3.62. The van der Waals surface area contributed by atoms with Gasteiger partial charge in [0.05, 0.1) is 19.1 Å². The summed E-state index contributed by atoms with van der Waals surface area (Å²) in [4.78, 5) is 12.5. The number of amides is 1. The summed E-state index contributed by atoms with van der Waals surface area (Å²) in [5.74, 6) is 1.06. The summed E-state index contributed by atoms with van der Waals surface area (Å²) in [5.41, 5.74) is 1.42. The molecule has 0 radical (unpaired) electrons. The molecule has 2 aromatic carbocycles. The fourth-order valence-corrected chi connectivity index (χ4v) is 4.14. The largest absolute Gasteiger partial charge is 0.493 e. The Balaban J connectivity index is 2.02. The van der Waals surface area contributed by atoms with Gasteiger partial charge in [-0.05, 0) is 56.2 Å². The van der Waals surface area contributed by atoms with Crippen molar-refractivity contribution in [3.8, 4) is 11.5 Å². The molecular formula is C21H28N2O5S. The van der Waals surface area contributed by atoms with Gasteiger partial charge in [0.15, 0.2) is 11.5 Å². The second kappa shape index (κ2) is 9.76. The zero-order valence-corrected chi connectivity index (χ0v) is 18.2. The number of rotatable bonds is 9. The van der Waals surface area contributed by atoms with Crippen LogP contribution in [0, 0.1) is 0 Å². The van der Waals surface area contributed by atoms with Crippen molar-refractivity contribution in [3.05, 3.63) is 48.0 Å². The van der Waals surface area contributed by atoms with E-state index in [4.69, 9.17) is 9.47 Å². The van der Waals surface area contributed by atoms with E-state index in [2.05, 4.69) is 5.32 Å². The van der Waals surface area contributed by atoms with Crippen LogP contribution in [0.3, 0.4) is 0 Å². The molecule has 29 heavy (non-hydrogen) atoms. The molecule has 158 valence electrons. The molecule has 0 saturated heterocycles. The Hall–Kier alpha value is -2.58. The lowest BCUT2D eigenvalue weighted by Crippen LogP contribution is -2.33. The second-order valence-electron chi connectivity index (χ2n) is 6.84. The van der Waals surface area contributed by atoms with Crippen LogP contribution >= 0.6 is 0 Å². The van der Waals surface area contributed by atoms with Crippen LogP contribution in [0.4, 0.5) is 5.69 Å². The summed E-state index contributed by atoms with van der Waals surface area (Å²) in [6.07, 6.45) is 0.734. The minimum atomic E-state index is -3.55. The summed E-state index contributed by atoms with van der Waals surface area (Å²) >= 11 is 0. The van der Waals surface area contributed by atoms with Crippen molar-refractivity contribution < 1.29 is 22.7 Å². The van der Waals surface area contributed by atoms with E-state index in [1.807, 2.05) is 26.0 Å². The van der Waals surface area contributed by atoms with Gasteiger partial charge >= 0.3 is 0 Å². The fraction of sp³-hybridized carbons (Fsp3) is 0.381. The molecule has 2 rings (SSSR count). The van der Waals surface area contributed by atoms with E-state index in [1.165, 1.54) is 16.4 Å². The van der Waals surface area contributed by atoms with Crippen LogP contribution in [0.2, 0.25) is 0 Å². The van der Waals surface area contributed by atoms with Gasteiger partial charge in [0.2, 0.25) is 15.9 Å². The fourth-order valence-electron chi connectivity index (χ4n) is 2.78. The molecule has 8 heteroatoms. The van der Waals surface area contributed by atoms with Crippen molar-refractivity contribution in [2.75, 3.05) is 26.6 Å². The van der Waals surface area contributed by atoms with Gasteiger partial charge in [0, 0.05) is 25.2 Å². The van der Waals surface area contributed by atoms with Crippen molar-refractivity contribution in [2.45, 2.75) is 37.6 Å². The van der Waals surface area contributed by atoms with Crippen LogP contribution in [-0.4, -0.2) is 45.9 Å². The first-order chi connectivity index (χ1) is 13.7. The van der Waals surface area contributed by atoms with Crippen molar-refractivity contribution in [2.24, 2.45) is 0 Å². The predicted octanol–water partition coefficient (Wildman–Crippen LogP) is 3.30. The highest BCUT2D eigenvalue weighted by Gasteiger charge is 2.22. The third-order valence-electron chi connectivity index (χ3n) is 4.65. The zero-order valence-electron chi connectivity index (χ0n) is 17.4. The number of hydrogen-bond donors (Lipinski definition) is 1. The Labute approximate surface area is 172 Å². The quantitative estimate of drug-likeness (QED) is 0.673. The molecule has 1 amide bonds. The molecule has 0 aliphatic rings. The van der Waals surface area contributed by atoms with E-state index in [9.17, 15) is 13.2 Å². The number of hydrogen-bond acceptors (Lipinski definition) is 5. The lowest BCUT2D eigenvalue weighted by molar-refractivity contribution is -0.116. The van der Waals surface area contributed by atoms with Crippen molar-refractivity contribution in [3.63, 3.8) is 0 Å². The monoisotopic (exact) mass is 420 g/mol. The maximum absolute atomic E-state index is 12.5. The molecule has 0 atom stereocenters. The molecule has 0 unspecified atom stereocenters. The Kier molecular flexibility index (Phi) is 7.64. The topological polar surface area (TPSA) is 84.9 Å². The number of anilines is 1. The highest BCUT2D eigenvalue weighted by atomic mass is 32.2. The Bertz CT molecular complexity index is 940. The van der Waals surface area contributed by atoms with E-state index in [0.717, 1.165) is 5.56 Å². The number of carbonyl (C=O) groups excluding carboxylic acids is 1. The van der Waals surface area contributed by atoms with Gasteiger partial charge in [-0.25, -0.2) is 8.42 Å². The van der Waals surface area contributed by atoms with E-state index in [1.54, 1.807) is 39.5 Å². The molecule has 0 aromatic heterocycles. The highest BCUT2D eigenvalue weighted by Crippen LogP contribution is 2.31. The summed E-state index contributed by atoms with van der Waals surface area (Å²) < 4.78 is 37.0. The van der Waals surface area contributed by atoms with Gasteiger partial charge < -0.3 is 14.8 Å². The van der Waals surface area contributed by atoms with Crippen LogP contribution in [0.5, 0.6) is 11.5 Å². The number of carbonyl (C=O) groups is 1. The van der Waals surface area contributed by atoms with Crippen molar-refractivity contribution >= 4 is 21.6 Å². The van der Waals surface area contributed by atoms with Crippen molar-refractivity contribution in [1.82, 2.24) is 4.31 Å². The first-order valence-corrected chi connectivity index (χ1v) is 10.7. The lowest BCUT2D eigenvalue weighted by Gasteiger charge is -2.21. The third kappa shape index (κ3) is 5.48. The van der Waals surface area contributed by atoms with Crippen LogP contribution in [0.15, 0.2) is 47.4 Å². The van der Waals surface area contributed by atoms with Crippen LogP contribution in [-0.2, 0) is 21.2 Å². The number of nitrogens with one attached hydrogen (secondary N) is 1. The molecule has 0 aliphatic heterocycles. The van der Waals surface area contributed by atoms with E-state index < -0.39 is 10.0 Å². The number of benzene rings is 2. The van der Waals surface area contributed by atoms with Crippen LogP contribution < -0.4 is 14.8 Å². The molecule has 7 nitrogen and oxygen atoms in total. The number of ether oxygens (including phenoxy) is 2. The lowest BCUT2D eigenvalue weighted by atomic mass is 10.1. The molecule has 0 bridgehead atoms. The molecule has 0 aliphatic carbocycles. The SMILES string of the molecule is COc1cccc(CCC(=O)Nc2ccc(S(=O)(=O)N(C)C(C)C)cc2)c1OC. The number of sulfonamides is 1. The Morgan fingerprint density at radius 2 is 1.72 bits per heavy atom. The molecule has 0 heterocycles. The van der Waals surface area contributed by atoms with Gasteiger partial charge in [-0.15, -0.1) is 0 Å². The number of methoxy groups -OCH3 is 2. The molecule has 0 saturated carbocycles. The van der Waals surface area contributed by atoms with Crippen LogP contribution in [0.25, 0.3) is 0 Å².